The van der Waals surface area contributed by atoms with Gasteiger partial charge in [-0.2, -0.15) is 0 Å². The number of aliphatic carboxylic acids is 1. The average molecular weight is 211 g/mol. The van der Waals surface area contributed by atoms with Gasteiger partial charge in [-0.05, 0) is 6.42 Å². The number of rotatable bonds is 4. The van der Waals surface area contributed by atoms with E-state index in [1.165, 1.54) is 17.1 Å². The van der Waals surface area contributed by atoms with Crippen LogP contribution in [0.2, 0.25) is 0 Å². The van der Waals surface area contributed by atoms with Crippen molar-refractivity contribution >= 4 is 11.9 Å². The number of hydrogen-bond acceptors (Lipinski definition) is 3. The van der Waals surface area contributed by atoms with Crippen LogP contribution in [0.3, 0.4) is 0 Å². The molecule has 1 rings (SSSR count). The molecule has 0 aromatic carbocycles. The second kappa shape index (κ2) is 4.59. The Hall–Kier alpha value is -1.85. The Morgan fingerprint density at radius 2 is 2.33 bits per heavy atom. The molecule has 15 heavy (non-hydrogen) atoms. The number of carbonyl (C=O) groups excluding carboxylic acids is 1. The Bertz CT molecular complexity index is 372. The molecule has 1 aromatic heterocycles. The summed E-state index contributed by atoms with van der Waals surface area (Å²) in [5.74, 6) is -1.46. The second-order valence-corrected chi connectivity index (χ2v) is 3.16. The van der Waals surface area contributed by atoms with E-state index in [0.717, 1.165) is 0 Å². The topological polar surface area (TPSA) is 84.2 Å². The van der Waals surface area contributed by atoms with Gasteiger partial charge in [0.05, 0.1) is 12.5 Å². The minimum Gasteiger partial charge on any atom is -0.480 e. The molecule has 0 saturated heterocycles. The van der Waals surface area contributed by atoms with E-state index in [1.807, 2.05) is 0 Å². The molecule has 1 heterocycles. The second-order valence-electron chi connectivity index (χ2n) is 3.16. The lowest BCUT2D eigenvalue weighted by atomic mass is 10.2. The number of aryl methyl sites for hydroxylation is 1. The van der Waals surface area contributed by atoms with E-state index < -0.39 is 17.9 Å². The first-order valence-corrected chi connectivity index (χ1v) is 4.56. The number of carboxylic acids is 1. The van der Waals surface area contributed by atoms with E-state index in [1.54, 1.807) is 14.0 Å². The number of nitrogens with zero attached hydrogens (tertiary/aromatic N) is 2. The fraction of sp³-hybridized carbons (Fsp3) is 0.444. The van der Waals surface area contributed by atoms with E-state index in [2.05, 4.69) is 10.3 Å². The van der Waals surface area contributed by atoms with Gasteiger partial charge < -0.3 is 15.0 Å². The quantitative estimate of drug-likeness (QED) is 0.735. The summed E-state index contributed by atoms with van der Waals surface area (Å²) < 4.78 is 1.53. The van der Waals surface area contributed by atoms with Crippen molar-refractivity contribution < 1.29 is 14.7 Å². The molecule has 0 saturated carbocycles. The van der Waals surface area contributed by atoms with Crippen LogP contribution in [-0.4, -0.2) is 32.6 Å². The highest BCUT2D eigenvalue weighted by molar-refractivity contribution is 5.94. The van der Waals surface area contributed by atoms with Gasteiger partial charge in [0.25, 0.3) is 5.91 Å². The van der Waals surface area contributed by atoms with Gasteiger partial charge in [-0.25, -0.2) is 9.78 Å². The highest BCUT2D eigenvalue weighted by atomic mass is 16.4. The molecular weight excluding hydrogens is 198 g/mol. The molecule has 1 unspecified atom stereocenters. The van der Waals surface area contributed by atoms with Crippen molar-refractivity contribution in [3.05, 3.63) is 18.2 Å². The molecule has 82 valence electrons. The minimum absolute atomic E-state index is 0.342. The number of carboxylic acid groups (broad SMARTS) is 1. The lowest BCUT2D eigenvalue weighted by molar-refractivity contribution is -0.139. The van der Waals surface area contributed by atoms with Crippen LogP contribution >= 0.6 is 0 Å². The fourth-order valence-corrected chi connectivity index (χ4v) is 1.15. The maximum absolute atomic E-state index is 11.6. The minimum atomic E-state index is -1.03. The van der Waals surface area contributed by atoms with E-state index in [0.29, 0.717) is 12.1 Å². The molecule has 6 heteroatoms. The summed E-state index contributed by atoms with van der Waals surface area (Å²) in [4.78, 5) is 26.0. The molecule has 0 aliphatic carbocycles. The van der Waals surface area contributed by atoms with Gasteiger partial charge in [-0.1, -0.05) is 6.92 Å². The van der Waals surface area contributed by atoms with Crippen molar-refractivity contribution in [2.45, 2.75) is 19.4 Å². The molecule has 0 aliphatic rings. The molecule has 6 nitrogen and oxygen atoms in total. The lowest BCUT2D eigenvalue weighted by Gasteiger charge is -2.11. The van der Waals surface area contributed by atoms with Crippen LogP contribution in [0.1, 0.15) is 23.8 Å². The Balaban J connectivity index is 2.71. The average Bonchev–Trinajstić information content (AvgIpc) is 2.60. The molecule has 0 spiro atoms. The van der Waals surface area contributed by atoms with Gasteiger partial charge in [0.15, 0.2) is 0 Å². The van der Waals surface area contributed by atoms with E-state index in [9.17, 15) is 9.59 Å². The molecule has 0 aliphatic heterocycles. The SMILES string of the molecule is CCC(NC(=O)c1cncn1C)C(=O)O. The van der Waals surface area contributed by atoms with Crippen LogP contribution in [0, 0.1) is 0 Å². The Kier molecular flexibility index (Phi) is 3.43. The van der Waals surface area contributed by atoms with Crippen LogP contribution in [0.25, 0.3) is 0 Å². The van der Waals surface area contributed by atoms with Gasteiger partial charge in [0.1, 0.15) is 11.7 Å². The van der Waals surface area contributed by atoms with E-state index in [-0.39, 0.29) is 0 Å². The highest BCUT2D eigenvalue weighted by Gasteiger charge is 2.19. The van der Waals surface area contributed by atoms with Crippen molar-refractivity contribution in [1.29, 1.82) is 0 Å². The lowest BCUT2D eigenvalue weighted by Crippen LogP contribution is -2.40. The molecule has 0 fully saturated rings. The molecule has 1 aromatic rings. The number of imidazole rings is 1. The predicted molar refractivity (Wildman–Crippen MR) is 52.4 cm³/mol. The van der Waals surface area contributed by atoms with Crippen LogP contribution < -0.4 is 5.32 Å². The normalized spacial score (nSPS) is 12.1. The first-order chi connectivity index (χ1) is 7.06. The van der Waals surface area contributed by atoms with Crippen LogP contribution in [0.15, 0.2) is 12.5 Å². The maximum Gasteiger partial charge on any atom is 0.326 e. The fourth-order valence-electron chi connectivity index (χ4n) is 1.15. The maximum atomic E-state index is 11.6. The monoisotopic (exact) mass is 211 g/mol. The summed E-state index contributed by atoms with van der Waals surface area (Å²) in [7, 11) is 1.67. The standard InChI is InChI=1S/C9H13N3O3/c1-3-6(9(14)15)11-8(13)7-4-10-5-12(7)2/h4-6H,3H2,1-2H3,(H,11,13)(H,14,15). The van der Waals surface area contributed by atoms with Crippen molar-refractivity contribution in [3.8, 4) is 0 Å². The Labute approximate surface area is 86.9 Å². The van der Waals surface area contributed by atoms with E-state index >= 15 is 0 Å². The Morgan fingerprint density at radius 3 is 2.73 bits per heavy atom. The molecule has 1 amide bonds. The summed E-state index contributed by atoms with van der Waals surface area (Å²) in [5, 5.41) is 11.2. The van der Waals surface area contributed by atoms with Crippen molar-refractivity contribution in [3.63, 3.8) is 0 Å². The van der Waals surface area contributed by atoms with Crippen LogP contribution in [-0.2, 0) is 11.8 Å². The predicted octanol–water partition coefficient (Wildman–Crippen LogP) is 0.0131. The summed E-state index contributed by atoms with van der Waals surface area (Å²) in [5.41, 5.74) is 0.342. The summed E-state index contributed by atoms with van der Waals surface area (Å²) in [6, 6.07) is -0.854. The molecule has 0 radical (unpaired) electrons. The zero-order valence-corrected chi connectivity index (χ0v) is 8.60. The summed E-state index contributed by atoms with van der Waals surface area (Å²) in [6.07, 6.45) is 3.22. The van der Waals surface area contributed by atoms with Gasteiger partial charge >= 0.3 is 5.97 Å². The summed E-state index contributed by atoms with van der Waals surface area (Å²) >= 11 is 0. The zero-order chi connectivity index (χ0) is 11.4. The first-order valence-electron chi connectivity index (χ1n) is 4.56. The van der Waals surface area contributed by atoms with Gasteiger partial charge in [0.2, 0.25) is 0 Å². The van der Waals surface area contributed by atoms with Crippen molar-refractivity contribution in [2.75, 3.05) is 0 Å². The van der Waals surface area contributed by atoms with Gasteiger partial charge in [0, 0.05) is 7.05 Å². The third-order valence-corrected chi connectivity index (χ3v) is 2.06. The highest BCUT2D eigenvalue weighted by Crippen LogP contribution is 1.98. The van der Waals surface area contributed by atoms with Gasteiger partial charge in [-0.3, -0.25) is 4.79 Å². The van der Waals surface area contributed by atoms with Crippen LogP contribution in [0.4, 0.5) is 0 Å². The smallest absolute Gasteiger partial charge is 0.326 e. The first kappa shape index (κ1) is 11.2. The van der Waals surface area contributed by atoms with Gasteiger partial charge in [-0.15, -0.1) is 0 Å². The third kappa shape index (κ3) is 2.55. The number of nitrogens with one attached hydrogen (secondary N) is 1. The molecule has 2 N–H and O–H groups in total. The van der Waals surface area contributed by atoms with Crippen molar-refractivity contribution in [1.82, 2.24) is 14.9 Å². The largest absolute Gasteiger partial charge is 0.480 e. The van der Waals surface area contributed by atoms with E-state index in [4.69, 9.17) is 5.11 Å². The molecular formula is C9H13N3O3. The number of aromatic nitrogens is 2. The summed E-state index contributed by atoms with van der Waals surface area (Å²) in [6.45, 7) is 1.70. The van der Waals surface area contributed by atoms with Crippen LogP contribution in [0.5, 0.6) is 0 Å². The molecule has 0 bridgehead atoms. The molecule has 1 atom stereocenters. The number of hydrogen-bond donors (Lipinski definition) is 2. The number of carbonyl (C=O) groups is 2. The third-order valence-electron chi connectivity index (χ3n) is 2.06. The number of amides is 1. The van der Waals surface area contributed by atoms with Crippen molar-refractivity contribution in [2.24, 2.45) is 7.05 Å². The zero-order valence-electron chi connectivity index (χ0n) is 8.60. The Morgan fingerprint density at radius 1 is 1.67 bits per heavy atom.